The van der Waals surface area contributed by atoms with Crippen LogP contribution >= 0.6 is 0 Å². The van der Waals surface area contributed by atoms with Crippen molar-refractivity contribution in [3.63, 3.8) is 0 Å². The fourth-order valence-electron chi connectivity index (χ4n) is 6.93. The van der Waals surface area contributed by atoms with Crippen molar-refractivity contribution in [2.45, 2.75) is 64.1 Å². The van der Waals surface area contributed by atoms with E-state index >= 15 is 0 Å². The van der Waals surface area contributed by atoms with Crippen LogP contribution in [0.25, 0.3) is 0 Å². The third-order valence-corrected chi connectivity index (χ3v) is 8.22. The number of Topliss-reactive ketones (excluding diaryl/α,β-unsaturated/α-hetero) is 1. The summed E-state index contributed by atoms with van der Waals surface area (Å²) in [5.74, 6) is 2.39. The van der Waals surface area contributed by atoms with Gasteiger partial charge in [-0.3, -0.25) is 4.79 Å². The van der Waals surface area contributed by atoms with Crippen molar-refractivity contribution in [2.75, 3.05) is 20.3 Å². The molecule has 3 fully saturated rings. The largest absolute Gasteiger partial charge is 0.496 e. The predicted molar refractivity (Wildman–Crippen MR) is 102 cm³/mol. The lowest BCUT2D eigenvalue weighted by molar-refractivity contribution is -0.237. The molecular formula is C23H30O4. The number of aryl methyl sites for hydroxylation is 1. The van der Waals surface area contributed by atoms with E-state index in [9.17, 15) is 4.79 Å². The van der Waals surface area contributed by atoms with E-state index in [-0.39, 0.29) is 17.0 Å². The first-order valence-electron chi connectivity index (χ1n) is 10.5. The second-order valence-electron chi connectivity index (χ2n) is 9.17. The molecule has 4 nitrogen and oxygen atoms in total. The number of carbonyl (C=O) groups excluding carboxylic acids is 1. The molecule has 1 heterocycles. The van der Waals surface area contributed by atoms with Crippen molar-refractivity contribution in [3.05, 3.63) is 28.8 Å². The lowest BCUT2D eigenvalue weighted by atomic mass is 9.54. The van der Waals surface area contributed by atoms with Gasteiger partial charge in [-0.25, -0.2) is 0 Å². The average Bonchev–Trinajstić information content (AvgIpc) is 3.26. The summed E-state index contributed by atoms with van der Waals surface area (Å²) < 4.78 is 18.0. The van der Waals surface area contributed by atoms with Crippen LogP contribution in [0.5, 0.6) is 5.75 Å². The van der Waals surface area contributed by atoms with Crippen LogP contribution < -0.4 is 4.74 Å². The molecule has 0 N–H and O–H groups in total. The van der Waals surface area contributed by atoms with Crippen LogP contribution in [0.2, 0.25) is 0 Å². The lowest BCUT2D eigenvalue weighted by Crippen LogP contribution is -2.51. The molecule has 1 aromatic rings. The van der Waals surface area contributed by atoms with Crippen LogP contribution in [0.4, 0.5) is 0 Å². The Bertz CT molecular complexity index is 779. The maximum atomic E-state index is 12.0. The van der Waals surface area contributed by atoms with E-state index in [2.05, 4.69) is 19.1 Å². The molecular weight excluding hydrogens is 340 g/mol. The Balaban J connectivity index is 1.52. The third-order valence-electron chi connectivity index (χ3n) is 8.22. The zero-order chi connectivity index (χ0) is 18.8. The number of ketones is 1. The molecule has 3 aliphatic carbocycles. The standard InChI is InChI=1S/C23H30O4/c1-14(24)18-12-15-4-5-17-16(19(15)13-21(18)25-3)6-8-22(2)20(17)7-9-23(22)26-10-11-27-23/h12-13,16-17,20H,4-11H2,1-3H3. The highest BCUT2D eigenvalue weighted by Crippen LogP contribution is 2.66. The fraction of sp³-hybridized carbons (Fsp3) is 0.696. The number of hydrogen-bond acceptors (Lipinski definition) is 4. The number of methoxy groups -OCH3 is 1. The summed E-state index contributed by atoms with van der Waals surface area (Å²) in [6.07, 6.45) is 6.82. The van der Waals surface area contributed by atoms with Gasteiger partial charge in [-0.15, -0.1) is 0 Å². The summed E-state index contributed by atoms with van der Waals surface area (Å²) in [6, 6.07) is 4.26. The van der Waals surface area contributed by atoms with Gasteiger partial charge in [0.1, 0.15) is 5.75 Å². The Morgan fingerprint density at radius 3 is 2.63 bits per heavy atom. The molecule has 1 saturated heterocycles. The smallest absolute Gasteiger partial charge is 0.174 e. The van der Waals surface area contributed by atoms with Crippen LogP contribution in [0.15, 0.2) is 12.1 Å². The molecule has 5 rings (SSSR count). The fourth-order valence-corrected chi connectivity index (χ4v) is 6.93. The van der Waals surface area contributed by atoms with Gasteiger partial charge in [0, 0.05) is 11.8 Å². The quantitative estimate of drug-likeness (QED) is 0.719. The van der Waals surface area contributed by atoms with Gasteiger partial charge in [-0.05, 0) is 80.0 Å². The Hall–Kier alpha value is -1.39. The summed E-state index contributed by atoms with van der Waals surface area (Å²) in [7, 11) is 1.67. The molecule has 4 heteroatoms. The van der Waals surface area contributed by atoms with Crippen LogP contribution in [0.3, 0.4) is 0 Å². The van der Waals surface area contributed by atoms with Gasteiger partial charge in [0.15, 0.2) is 11.6 Å². The number of benzene rings is 1. The Kier molecular flexibility index (Phi) is 3.97. The van der Waals surface area contributed by atoms with Crippen molar-refractivity contribution in [1.82, 2.24) is 0 Å². The number of rotatable bonds is 2. The van der Waals surface area contributed by atoms with Crippen LogP contribution in [0.1, 0.15) is 73.4 Å². The van der Waals surface area contributed by atoms with Crippen LogP contribution in [-0.4, -0.2) is 31.9 Å². The molecule has 1 spiro atoms. The molecule has 0 bridgehead atoms. The zero-order valence-corrected chi connectivity index (χ0v) is 16.7. The van der Waals surface area contributed by atoms with Gasteiger partial charge in [0.25, 0.3) is 0 Å². The number of carbonyl (C=O) groups is 1. The molecule has 4 aliphatic rings. The molecule has 2 saturated carbocycles. The van der Waals surface area contributed by atoms with E-state index in [0.717, 1.165) is 43.8 Å². The first kappa shape index (κ1) is 17.7. The highest BCUT2D eigenvalue weighted by atomic mass is 16.7. The second kappa shape index (κ2) is 6.05. The van der Waals surface area contributed by atoms with Gasteiger partial charge >= 0.3 is 0 Å². The number of hydrogen-bond donors (Lipinski definition) is 0. The minimum atomic E-state index is -0.334. The topological polar surface area (TPSA) is 44.8 Å². The molecule has 0 radical (unpaired) electrons. The van der Waals surface area contributed by atoms with Crippen LogP contribution in [0, 0.1) is 17.3 Å². The van der Waals surface area contributed by atoms with Crippen molar-refractivity contribution in [2.24, 2.45) is 17.3 Å². The Morgan fingerprint density at radius 1 is 1.15 bits per heavy atom. The van der Waals surface area contributed by atoms with Crippen molar-refractivity contribution in [1.29, 1.82) is 0 Å². The van der Waals surface area contributed by atoms with E-state index in [1.54, 1.807) is 14.0 Å². The molecule has 0 amide bonds. The number of ether oxygens (including phenoxy) is 3. The van der Waals surface area contributed by atoms with Crippen molar-refractivity contribution in [3.8, 4) is 5.75 Å². The minimum absolute atomic E-state index is 0.0845. The Labute approximate surface area is 161 Å². The van der Waals surface area contributed by atoms with Gasteiger partial charge in [0.2, 0.25) is 0 Å². The monoisotopic (exact) mass is 370 g/mol. The summed E-state index contributed by atoms with van der Waals surface area (Å²) in [5, 5.41) is 0. The van der Waals surface area contributed by atoms with Gasteiger partial charge < -0.3 is 14.2 Å². The van der Waals surface area contributed by atoms with Gasteiger partial charge in [-0.2, -0.15) is 0 Å². The van der Waals surface area contributed by atoms with Crippen molar-refractivity contribution >= 4 is 5.78 Å². The molecule has 0 aromatic heterocycles. The van der Waals surface area contributed by atoms with E-state index in [1.807, 2.05) is 0 Å². The first-order chi connectivity index (χ1) is 13.0. The van der Waals surface area contributed by atoms with Crippen LogP contribution in [-0.2, 0) is 15.9 Å². The SMILES string of the molecule is COc1cc2c(cc1C(C)=O)CCC1C2CCC2(C)C1CCC21OCCO1. The molecule has 1 aromatic carbocycles. The third kappa shape index (κ3) is 2.32. The van der Waals surface area contributed by atoms with Gasteiger partial charge in [0.05, 0.1) is 25.9 Å². The maximum absolute atomic E-state index is 12.0. The maximum Gasteiger partial charge on any atom is 0.174 e. The Morgan fingerprint density at radius 2 is 1.93 bits per heavy atom. The molecule has 4 unspecified atom stereocenters. The summed E-state index contributed by atoms with van der Waals surface area (Å²) in [6.45, 7) is 5.52. The summed E-state index contributed by atoms with van der Waals surface area (Å²) in [4.78, 5) is 12.0. The summed E-state index contributed by atoms with van der Waals surface area (Å²) >= 11 is 0. The zero-order valence-electron chi connectivity index (χ0n) is 16.7. The lowest BCUT2D eigenvalue weighted by Gasteiger charge is -2.52. The summed E-state index contributed by atoms with van der Waals surface area (Å²) in [5.41, 5.74) is 3.63. The predicted octanol–water partition coefficient (Wildman–Crippen LogP) is 4.50. The molecule has 146 valence electrons. The van der Waals surface area contributed by atoms with Crippen molar-refractivity contribution < 1.29 is 19.0 Å². The van der Waals surface area contributed by atoms with Gasteiger partial charge in [-0.1, -0.05) is 6.92 Å². The first-order valence-corrected chi connectivity index (χ1v) is 10.5. The second-order valence-corrected chi connectivity index (χ2v) is 9.17. The molecule has 27 heavy (non-hydrogen) atoms. The highest BCUT2D eigenvalue weighted by Gasteiger charge is 2.65. The molecule has 1 aliphatic heterocycles. The van der Waals surface area contributed by atoms with E-state index in [0.29, 0.717) is 17.8 Å². The molecule has 4 atom stereocenters. The normalized spacial score (nSPS) is 36.2. The average molecular weight is 370 g/mol. The van der Waals surface area contributed by atoms with E-state index in [1.165, 1.54) is 30.4 Å². The minimum Gasteiger partial charge on any atom is -0.496 e. The van der Waals surface area contributed by atoms with E-state index in [4.69, 9.17) is 14.2 Å². The highest BCUT2D eigenvalue weighted by molar-refractivity contribution is 5.97. The number of fused-ring (bicyclic) bond motifs is 6. The van der Waals surface area contributed by atoms with E-state index < -0.39 is 0 Å².